The van der Waals surface area contributed by atoms with Crippen LogP contribution in [0.4, 0.5) is 4.79 Å². The highest BCUT2D eigenvalue weighted by Crippen LogP contribution is 2.30. The highest BCUT2D eigenvalue weighted by atomic mass is 16.5. The van der Waals surface area contributed by atoms with Crippen LogP contribution in [-0.4, -0.2) is 73.5 Å². The van der Waals surface area contributed by atoms with Gasteiger partial charge in [-0.3, -0.25) is 4.79 Å². The number of carbonyl (C=O) groups is 3. The number of amides is 2. The van der Waals surface area contributed by atoms with Gasteiger partial charge in [-0.1, -0.05) is 51.1 Å². The molecule has 0 spiro atoms. The van der Waals surface area contributed by atoms with Gasteiger partial charge in [-0.25, -0.2) is 9.59 Å². The van der Waals surface area contributed by atoms with Crippen molar-refractivity contribution in [1.29, 1.82) is 0 Å². The highest BCUT2D eigenvalue weighted by molar-refractivity contribution is 5.90. The summed E-state index contributed by atoms with van der Waals surface area (Å²) in [5.41, 5.74) is 0.464. The molecule has 9 nitrogen and oxygen atoms in total. The maximum absolute atomic E-state index is 13.3. The topological polar surface area (TPSA) is 114 Å². The van der Waals surface area contributed by atoms with Crippen molar-refractivity contribution in [1.82, 2.24) is 10.2 Å². The molecule has 1 fully saturated rings. The van der Waals surface area contributed by atoms with Crippen LogP contribution in [0.1, 0.15) is 45.6 Å². The lowest BCUT2D eigenvalue weighted by atomic mass is 9.85. The Morgan fingerprint density at radius 3 is 2.49 bits per heavy atom. The molecule has 0 saturated carbocycles. The molecular formula is C28H38N2O7. The van der Waals surface area contributed by atoms with E-state index < -0.39 is 35.5 Å². The van der Waals surface area contributed by atoms with Crippen molar-refractivity contribution in [2.24, 2.45) is 5.41 Å². The van der Waals surface area contributed by atoms with Crippen LogP contribution in [0.3, 0.4) is 0 Å². The molecule has 1 heterocycles. The number of aryl methyl sites for hydroxylation is 1. The number of benzene rings is 2. The third-order valence-corrected chi connectivity index (χ3v) is 6.81. The van der Waals surface area contributed by atoms with E-state index in [9.17, 15) is 19.5 Å². The SMILES string of the molecule is COc1ccc2ccccc2c1CCCCOC(=O)N[C@H](C(=O)N1C[C@@H](OC)C[C@H]1C(=O)O)C(C)(C)C. The van der Waals surface area contributed by atoms with Crippen molar-refractivity contribution < 1.29 is 33.7 Å². The number of ether oxygens (including phenoxy) is 3. The Kier molecular flexibility index (Phi) is 9.37. The Labute approximate surface area is 218 Å². The molecule has 1 aliphatic heterocycles. The molecule has 9 heteroatoms. The molecule has 0 radical (unpaired) electrons. The van der Waals surface area contributed by atoms with Crippen LogP contribution in [0.15, 0.2) is 36.4 Å². The molecule has 0 bridgehead atoms. The van der Waals surface area contributed by atoms with E-state index >= 15 is 0 Å². The lowest BCUT2D eigenvalue weighted by molar-refractivity contribution is -0.150. The summed E-state index contributed by atoms with van der Waals surface area (Å²) in [4.78, 5) is 38.9. The quantitative estimate of drug-likeness (QED) is 0.461. The fraction of sp³-hybridized carbons (Fsp3) is 0.536. The van der Waals surface area contributed by atoms with E-state index in [0.717, 1.165) is 34.9 Å². The first-order valence-electron chi connectivity index (χ1n) is 12.6. The number of hydrogen-bond donors (Lipinski definition) is 2. The smallest absolute Gasteiger partial charge is 0.407 e. The largest absolute Gasteiger partial charge is 0.496 e. The normalized spacial score (nSPS) is 18.5. The number of unbranched alkanes of at least 4 members (excludes halogenated alkanes) is 1. The average molecular weight is 515 g/mol. The highest BCUT2D eigenvalue weighted by Gasteiger charge is 2.45. The maximum atomic E-state index is 13.3. The lowest BCUT2D eigenvalue weighted by Gasteiger charge is -2.34. The summed E-state index contributed by atoms with van der Waals surface area (Å²) in [6, 6.07) is 10.2. The molecule has 3 rings (SSSR count). The number of methoxy groups -OCH3 is 2. The molecule has 0 unspecified atom stereocenters. The number of alkyl carbamates (subject to hydrolysis) is 1. The summed E-state index contributed by atoms with van der Waals surface area (Å²) >= 11 is 0. The second-order valence-electron chi connectivity index (χ2n) is 10.4. The number of aliphatic carboxylic acids is 1. The fourth-order valence-electron chi connectivity index (χ4n) is 4.75. The molecule has 1 saturated heterocycles. The predicted octanol–water partition coefficient (Wildman–Crippen LogP) is 4.01. The number of carboxylic acids is 1. The van der Waals surface area contributed by atoms with Crippen LogP contribution in [0.25, 0.3) is 10.8 Å². The lowest BCUT2D eigenvalue weighted by Crippen LogP contribution is -2.56. The van der Waals surface area contributed by atoms with Crippen molar-refractivity contribution >= 4 is 28.7 Å². The van der Waals surface area contributed by atoms with Gasteiger partial charge in [-0.2, -0.15) is 0 Å². The van der Waals surface area contributed by atoms with Crippen LogP contribution >= 0.6 is 0 Å². The van der Waals surface area contributed by atoms with E-state index in [0.29, 0.717) is 6.42 Å². The first-order valence-corrected chi connectivity index (χ1v) is 12.6. The number of fused-ring (bicyclic) bond motifs is 1. The molecule has 3 atom stereocenters. The van der Waals surface area contributed by atoms with Gasteiger partial charge in [0, 0.05) is 25.6 Å². The maximum Gasteiger partial charge on any atom is 0.407 e. The van der Waals surface area contributed by atoms with Crippen molar-refractivity contribution in [2.45, 2.75) is 64.6 Å². The Morgan fingerprint density at radius 2 is 1.84 bits per heavy atom. The third kappa shape index (κ3) is 6.91. The number of likely N-dealkylation sites (tertiary alicyclic amines) is 1. The summed E-state index contributed by atoms with van der Waals surface area (Å²) < 4.78 is 16.2. The number of nitrogens with one attached hydrogen (secondary N) is 1. The second kappa shape index (κ2) is 12.3. The van der Waals surface area contributed by atoms with Gasteiger partial charge >= 0.3 is 12.1 Å². The summed E-state index contributed by atoms with van der Waals surface area (Å²) in [6.45, 7) is 5.79. The molecule has 2 aromatic carbocycles. The molecule has 0 aliphatic carbocycles. The van der Waals surface area contributed by atoms with Crippen LogP contribution in [0, 0.1) is 5.41 Å². The third-order valence-electron chi connectivity index (χ3n) is 6.81. The van der Waals surface area contributed by atoms with E-state index in [1.165, 1.54) is 12.0 Å². The van der Waals surface area contributed by atoms with Crippen LogP contribution in [0.5, 0.6) is 5.75 Å². The number of nitrogens with zero attached hydrogens (tertiary/aromatic N) is 1. The number of hydrogen-bond acceptors (Lipinski definition) is 6. The van der Waals surface area contributed by atoms with Gasteiger partial charge in [0.1, 0.15) is 17.8 Å². The molecule has 2 N–H and O–H groups in total. The van der Waals surface area contributed by atoms with E-state index in [4.69, 9.17) is 14.2 Å². The molecule has 0 aromatic heterocycles. The van der Waals surface area contributed by atoms with E-state index in [1.54, 1.807) is 7.11 Å². The first-order chi connectivity index (χ1) is 17.6. The first kappa shape index (κ1) is 28.2. The van der Waals surface area contributed by atoms with Crippen LogP contribution in [-0.2, 0) is 25.5 Å². The van der Waals surface area contributed by atoms with Gasteiger partial charge in [-0.15, -0.1) is 0 Å². The number of carboxylic acid groups (broad SMARTS) is 1. The Balaban J connectivity index is 1.56. The molecule has 202 valence electrons. The minimum atomic E-state index is -1.09. The molecule has 1 aliphatic rings. The van der Waals surface area contributed by atoms with Gasteiger partial charge in [0.25, 0.3) is 0 Å². The summed E-state index contributed by atoms with van der Waals surface area (Å²) in [7, 11) is 3.15. The van der Waals surface area contributed by atoms with E-state index in [2.05, 4.69) is 17.4 Å². The van der Waals surface area contributed by atoms with Gasteiger partial charge < -0.3 is 29.5 Å². The average Bonchev–Trinajstić information content (AvgIpc) is 3.31. The zero-order valence-corrected chi connectivity index (χ0v) is 22.3. The number of rotatable bonds is 10. The van der Waals surface area contributed by atoms with Crippen LogP contribution < -0.4 is 10.1 Å². The van der Waals surface area contributed by atoms with Crippen molar-refractivity contribution in [3.8, 4) is 5.75 Å². The molecule has 2 aromatic rings. The minimum absolute atomic E-state index is 0.160. The molecule has 37 heavy (non-hydrogen) atoms. The Morgan fingerprint density at radius 1 is 1.11 bits per heavy atom. The second-order valence-corrected chi connectivity index (χ2v) is 10.4. The van der Waals surface area contributed by atoms with E-state index in [-0.39, 0.29) is 25.7 Å². The van der Waals surface area contributed by atoms with Crippen LogP contribution in [0.2, 0.25) is 0 Å². The fourth-order valence-corrected chi connectivity index (χ4v) is 4.75. The zero-order chi connectivity index (χ0) is 27.2. The van der Waals surface area contributed by atoms with Gasteiger partial charge in [0.15, 0.2) is 0 Å². The summed E-state index contributed by atoms with van der Waals surface area (Å²) in [6.07, 6.45) is 1.33. The standard InChI is InChI=1S/C28H38N2O7/c1-28(2,3)24(25(31)30-17-19(35-4)16-22(30)26(32)33)29-27(34)37-15-9-8-12-21-20-11-7-6-10-18(20)13-14-23(21)36-5/h6-7,10-11,13-14,19,22,24H,8-9,12,15-17H2,1-5H3,(H,29,34)(H,32,33)/t19-,22-,24+/m0/s1. The molecule has 2 amide bonds. The van der Waals surface area contributed by atoms with Gasteiger partial charge in [0.2, 0.25) is 5.91 Å². The number of carbonyl (C=O) groups excluding carboxylic acids is 2. The zero-order valence-electron chi connectivity index (χ0n) is 22.3. The summed E-state index contributed by atoms with van der Waals surface area (Å²) in [5.74, 6) is -0.716. The molecular weight excluding hydrogens is 476 g/mol. The summed E-state index contributed by atoms with van der Waals surface area (Å²) in [5, 5.41) is 14.5. The predicted molar refractivity (Wildman–Crippen MR) is 140 cm³/mol. The van der Waals surface area contributed by atoms with Gasteiger partial charge in [0.05, 0.1) is 19.8 Å². The van der Waals surface area contributed by atoms with Crippen molar-refractivity contribution in [3.05, 3.63) is 42.0 Å². The van der Waals surface area contributed by atoms with Crippen molar-refractivity contribution in [2.75, 3.05) is 27.4 Å². The van der Waals surface area contributed by atoms with Crippen molar-refractivity contribution in [3.63, 3.8) is 0 Å². The minimum Gasteiger partial charge on any atom is -0.496 e. The van der Waals surface area contributed by atoms with Gasteiger partial charge in [-0.05, 0) is 41.5 Å². The monoisotopic (exact) mass is 514 g/mol. The Bertz CT molecular complexity index is 1110. The van der Waals surface area contributed by atoms with E-state index in [1.807, 2.05) is 45.0 Å². The Hall–Kier alpha value is -3.33.